The zero-order valence-corrected chi connectivity index (χ0v) is 12.2. The number of carbonyl (C=O) groups excluding carboxylic acids is 2. The highest BCUT2D eigenvalue weighted by Gasteiger charge is 2.23. The minimum absolute atomic E-state index is 0.0163. The second-order valence-corrected chi connectivity index (χ2v) is 6.15. The van der Waals surface area contributed by atoms with Gasteiger partial charge in [-0.15, -0.1) is 0 Å². The van der Waals surface area contributed by atoms with Gasteiger partial charge in [0.2, 0.25) is 11.8 Å². The molecule has 5 nitrogen and oxygen atoms in total. The number of nitrogens with two attached hydrogens (primary N) is 1. The van der Waals surface area contributed by atoms with Crippen molar-refractivity contribution in [1.82, 2.24) is 10.6 Å². The van der Waals surface area contributed by atoms with Crippen molar-refractivity contribution in [3.8, 4) is 0 Å². The smallest absolute Gasteiger partial charge is 0.239 e. The van der Waals surface area contributed by atoms with E-state index in [2.05, 4.69) is 10.6 Å². The number of carbonyl (C=O) groups is 2. The molecule has 0 spiro atoms. The summed E-state index contributed by atoms with van der Waals surface area (Å²) in [6.45, 7) is 10.6. The highest BCUT2D eigenvalue weighted by molar-refractivity contribution is 5.84. The molecule has 0 saturated carbocycles. The van der Waals surface area contributed by atoms with E-state index in [1.54, 1.807) is 0 Å². The first kappa shape index (κ1) is 16.9. The normalized spacial score (nSPS) is 13.3. The zero-order chi connectivity index (χ0) is 14.3. The molecule has 5 heteroatoms. The van der Waals surface area contributed by atoms with Crippen LogP contribution in [-0.4, -0.2) is 30.9 Å². The number of hydrogen-bond donors (Lipinski definition) is 3. The molecule has 0 aromatic heterocycles. The van der Waals surface area contributed by atoms with E-state index in [-0.39, 0.29) is 36.2 Å². The first-order valence-corrected chi connectivity index (χ1v) is 6.42. The molecule has 0 rings (SSSR count). The van der Waals surface area contributed by atoms with Crippen molar-refractivity contribution < 1.29 is 9.59 Å². The van der Waals surface area contributed by atoms with Crippen LogP contribution in [0.3, 0.4) is 0 Å². The lowest BCUT2D eigenvalue weighted by molar-refractivity contribution is -0.126. The number of amides is 2. The van der Waals surface area contributed by atoms with Crippen LogP contribution in [0.25, 0.3) is 0 Å². The third-order valence-electron chi connectivity index (χ3n) is 2.67. The van der Waals surface area contributed by atoms with Crippen LogP contribution in [0.1, 0.15) is 41.0 Å². The first-order valence-electron chi connectivity index (χ1n) is 6.42. The zero-order valence-electron chi connectivity index (χ0n) is 12.2. The van der Waals surface area contributed by atoms with Gasteiger partial charge in [0.25, 0.3) is 0 Å². The topological polar surface area (TPSA) is 84.2 Å². The van der Waals surface area contributed by atoms with E-state index in [0.717, 1.165) is 0 Å². The molecular weight excluding hydrogens is 230 g/mol. The van der Waals surface area contributed by atoms with Crippen molar-refractivity contribution in [3.05, 3.63) is 0 Å². The molecule has 0 radical (unpaired) electrons. The third-order valence-corrected chi connectivity index (χ3v) is 2.67. The molecule has 0 aromatic carbocycles. The Morgan fingerprint density at radius 1 is 1.11 bits per heavy atom. The highest BCUT2D eigenvalue weighted by Crippen LogP contribution is 2.19. The van der Waals surface area contributed by atoms with Crippen LogP contribution in [0, 0.1) is 11.3 Å². The number of rotatable bonds is 6. The van der Waals surface area contributed by atoms with Crippen LogP contribution in [0.5, 0.6) is 0 Å². The maximum absolute atomic E-state index is 11.6. The van der Waals surface area contributed by atoms with Crippen molar-refractivity contribution in [3.63, 3.8) is 0 Å². The molecular formula is C13H27N3O2. The lowest BCUT2D eigenvalue weighted by Gasteiger charge is -2.26. The molecule has 1 atom stereocenters. The van der Waals surface area contributed by atoms with Gasteiger partial charge in [0.05, 0.1) is 6.54 Å². The predicted octanol–water partition coefficient (Wildman–Crippen LogP) is 0.638. The maximum atomic E-state index is 11.6. The first-order chi connectivity index (χ1) is 8.12. The van der Waals surface area contributed by atoms with Crippen molar-refractivity contribution in [1.29, 1.82) is 0 Å². The largest absolute Gasteiger partial charge is 0.354 e. The Labute approximate surface area is 110 Å². The van der Waals surface area contributed by atoms with Gasteiger partial charge in [-0.2, -0.15) is 0 Å². The Bertz CT molecular complexity index is 282. The van der Waals surface area contributed by atoms with E-state index in [9.17, 15) is 9.59 Å². The van der Waals surface area contributed by atoms with Crippen LogP contribution >= 0.6 is 0 Å². The highest BCUT2D eigenvalue weighted by atomic mass is 16.2. The molecule has 0 aromatic rings. The van der Waals surface area contributed by atoms with Gasteiger partial charge in [-0.1, -0.05) is 34.6 Å². The summed E-state index contributed by atoms with van der Waals surface area (Å²) in [5, 5.41) is 5.31. The van der Waals surface area contributed by atoms with E-state index in [4.69, 9.17) is 5.73 Å². The van der Waals surface area contributed by atoms with E-state index in [1.165, 1.54) is 0 Å². The quantitative estimate of drug-likeness (QED) is 0.653. The van der Waals surface area contributed by atoms with Gasteiger partial charge in [0.1, 0.15) is 0 Å². The molecule has 0 saturated heterocycles. The molecule has 1 unspecified atom stereocenters. The van der Waals surface area contributed by atoms with Crippen molar-refractivity contribution in [2.45, 2.75) is 47.1 Å². The van der Waals surface area contributed by atoms with E-state index in [0.29, 0.717) is 12.5 Å². The summed E-state index contributed by atoms with van der Waals surface area (Å²) in [6, 6.07) is -0.212. The standard InChI is InChI=1S/C13H27N3O2/c1-9(2)7-15-12(18)8-16-11(17)6-10(14)13(3,4)5/h9-10H,6-8,14H2,1-5H3,(H,15,18)(H,16,17). The Kier molecular flexibility index (Phi) is 6.91. The Morgan fingerprint density at radius 2 is 1.67 bits per heavy atom. The fourth-order valence-corrected chi connectivity index (χ4v) is 1.14. The van der Waals surface area contributed by atoms with Crippen LogP contribution in [0.4, 0.5) is 0 Å². The molecule has 0 aliphatic heterocycles. The van der Waals surface area contributed by atoms with E-state index >= 15 is 0 Å². The maximum Gasteiger partial charge on any atom is 0.239 e. The summed E-state index contributed by atoms with van der Waals surface area (Å²) >= 11 is 0. The van der Waals surface area contributed by atoms with Crippen molar-refractivity contribution in [2.24, 2.45) is 17.1 Å². The monoisotopic (exact) mass is 257 g/mol. The second-order valence-electron chi connectivity index (χ2n) is 6.15. The minimum atomic E-state index is -0.212. The Balaban J connectivity index is 3.87. The molecule has 0 heterocycles. The lowest BCUT2D eigenvalue weighted by Crippen LogP contribution is -2.43. The predicted molar refractivity (Wildman–Crippen MR) is 72.9 cm³/mol. The molecule has 0 aliphatic carbocycles. The van der Waals surface area contributed by atoms with E-state index < -0.39 is 0 Å². The van der Waals surface area contributed by atoms with Gasteiger partial charge in [-0.05, 0) is 11.3 Å². The molecule has 4 N–H and O–H groups in total. The molecule has 0 fully saturated rings. The van der Waals surface area contributed by atoms with Gasteiger partial charge in [-0.25, -0.2) is 0 Å². The van der Waals surface area contributed by atoms with Crippen LogP contribution in [0.2, 0.25) is 0 Å². The summed E-state index contributed by atoms with van der Waals surface area (Å²) < 4.78 is 0. The summed E-state index contributed by atoms with van der Waals surface area (Å²) in [6.07, 6.45) is 0.237. The Morgan fingerprint density at radius 3 is 2.11 bits per heavy atom. The summed E-state index contributed by atoms with van der Waals surface area (Å²) in [5.41, 5.74) is 5.78. The van der Waals surface area contributed by atoms with Gasteiger partial charge in [-0.3, -0.25) is 9.59 Å². The summed E-state index contributed by atoms with van der Waals surface area (Å²) in [7, 11) is 0. The van der Waals surface area contributed by atoms with Crippen molar-refractivity contribution in [2.75, 3.05) is 13.1 Å². The minimum Gasteiger partial charge on any atom is -0.354 e. The summed E-state index contributed by atoms with van der Waals surface area (Å²) in [5.74, 6) is 0.0532. The van der Waals surface area contributed by atoms with Gasteiger partial charge in [0, 0.05) is 19.0 Å². The fourth-order valence-electron chi connectivity index (χ4n) is 1.14. The fraction of sp³-hybridized carbons (Fsp3) is 0.846. The SMILES string of the molecule is CC(C)CNC(=O)CNC(=O)CC(N)C(C)(C)C. The summed E-state index contributed by atoms with van der Waals surface area (Å²) in [4.78, 5) is 22.9. The van der Waals surface area contributed by atoms with Crippen LogP contribution in [0.15, 0.2) is 0 Å². The molecule has 0 aliphatic rings. The molecule has 2 amide bonds. The Hall–Kier alpha value is -1.10. The molecule has 18 heavy (non-hydrogen) atoms. The van der Waals surface area contributed by atoms with E-state index in [1.807, 2.05) is 34.6 Å². The number of hydrogen-bond acceptors (Lipinski definition) is 3. The van der Waals surface area contributed by atoms with Crippen LogP contribution < -0.4 is 16.4 Å². The molecule has 0 bridgehead atoms. The average Bonchev–Trinajstić information content (AvgIpc) is 2.22. The van der Waals surface area contributed by atoms with Gasteiger partial charge < -0.3 is 16.4 Å². The van der Waals surface area contributed by atoms with Gasteiger partial charge in [0.15, 0.2) is 0 Å². The lowest BCUT2D eigenvalue weighted by atomic mass is 9.85. The van der Waals surface area contributed by atoms with Crippen molar-refractivity contribution >= 4 is 11.8 Å². The number of nitrogens with one attached hydrogen (secondary N) is 2. The van der Waals surface area contributed by atoms with Crippen LogP contribution in [-0.2, 0) is 9.59 Å². The van der Waals surface area contributed by atoms with Gasteiger partial charge >= 0.3 is 0 Å². The molecule has 106 valence electrons. The third kappa shape index (κ3) is 8.06. The average molecular weight is 257 g/mol. The second kappa shape index (κ2) is 7.36.